The van der Waals surface area contributed by atoms with Crippen molar-refractivity contribution in [2.75, 3.05) is 31.5 Å². The number of nitrogens with zero attached hydrogens (tertiary/aromatic N) is 1. The molecule has 8 heteroatoms. The first-order valence-electron chi connectivity index (χ1n) is 10.4. The maximum Gasteiger partial charge on any atom is 0.451 e. The number of nitrogens with one attached hydrogen (secondary N) is 1. The highest BCUT2D eigenvalue weighted by molar-refractivity contribution is 6.40. The van der Waals surface area contributed by atoms with Crippen LogP contribution >= 0.6 is 0 Å². The molecule has 1 heterocycles. The molecule has 7 nitrogen and oxygen atoms in total. The van der Waals surface area contributed by atoms with Gasteiger partial charge in [0.25, 0.3) is 0 Å². The second-order valence-corrected chi connectivity index (χ2v) is 8.06. The summed E-state index contributed by atoms with van der Waals surface area (Å²) in [6.07, 6.45) is 1.33. The van der Waals surface area contributed by atoms with Gasteiger partial charge in [-0.2, -0.15) is 0 Å². The average molecular weight is 427 g/mol. The van der Waals surface area contributed by atoms with Crippen LogP contribution in [0.25, 0.3) is 11.1 Å². The van der Waals surface area contributed by atoms with Gasteiger partial charge in [0.1, 0.15) is 5.54 Å². The number of carbonyl (C=O) groups is 1. The molecule has 1 aliphatic heterocycles. The lowest BCUT2D eigenvalue weighted by Crippen LogP contribution is -2.54. The number of anilines is 1. The first-order chi connectivity index (χ1) is 14.4. The van der Waals surface area contributed by atoms with E-state index in [-0.39, 0.29) is 19.7 Å². The molecule has 0 unspecified atom stereocenters. The van der Waals surface area contributed by atoms with E-state index in [1.807, 2.05) is 30.3 Å². The summed E-state index contributed by atoms with van der Waals surface area (Å²) in [4.78, 5) is 13.8. The van der Waals surface area contributed by atoms with Gasteiger partial charge in [0.15, 0.2) is 0 Å². The van der Waals surface area contributed by atoms with Crippen molar-refractivity contribution in [1.29, 1.82) is 0 Å². The van der Waals surface area contributed by atoms with E-state index in [1.165, 1.54) is 5.56 Å². The van der Waals surface area contributed by atoms with Crippen molar-refractivity contribution in [3.8, 4) is 11.1 Å². The second-order valence-electron chi connectivity index (χ2n) is 8.06. The highest BCUT2D eigenvalue weighted by Gasteiger charge is 2.48. The van der Waals surface area contributed by atoms with Crippen molar-refractivity contribution in [3.05, 3.63) is 54.6 Å². The Morgan fingerprint density at radius 1 is 1.13 bits per heavy atom. The number of rotatable bonds is 10. The van der Waals surface area contributed by atoms with E-state index in [2.05, 4.69) is 34.5 Å². The Kier molecular flexibility index (Phi) is 9.07. The lowest BCUT2D eigenvalue weighted by atomic mass is 9.78. The lowest BCUT2D eigenvalue weighted by Gasteiger charge is -2.25. The Bertz CT molecular complexity index is 819. The summed E-state index contributed by atoms with van der Waals surface area (Å²) in [7, 11) is -1.36. The predicted octanol–water partition coefficient (Wildman–Crippen LogP) is 2.37. The van der Waals surface area contributed by atoms with Crippen molar-refractivity contribution in [2.24, 2.45) is 11.7 Å². The highest BCUT2D eigenvalue weighted by atomic mass is 16.4. The summed E-state index contributed by atoms with van der Waals surface area (Å²) in [6, 6.07) is 18.4. The van der Waals surface area contributed by atoms with Gasteiger partial charge in [0.2, 0.25) is 0 Å². The second kappa shape index (κ2) is 11.3. The lowest BCUT2D eigenvalue weighted by molar-refractivity contribution is -0.144. The molecule has 1 fully saturated rings. The van der Waals surface area contributed by atoms with Crippen LogP contribution in [0, 0.1) is 5.92 Å². The van der Waals surface area contributed by atoms with Crippen molar-refractivity contribution < 1.29 is 19.9 Å². The molecule has 3 rings (SSSR count). The molecule has 2 atom stereocenters. The molecule has 0 saturated carbocycles. The standard InChI is InChI=1S/C22H30BN3O4.CH4/c24-22(21(27)28)16-26(15-19(22)7-4-12-23(29)30)14-13-25-20-10-8-18(9-11-20)17-5-2-1-3-6-17;/h1-3,5-6,8-11,19,25,29-30H,4,7,12-16,24H2,(H,27,28);1H4/t19-,22-;/m0./s1. The van der Waals surface area contributed by atoms with E-state index in [0.29, 0.717) is 39.0 Å². The van der Waals surface area contributed by atoms with Crippen molar-refractivity contribution in [1.82, 2.24) is 4.90 Å². The molecule has 0 amide bonds. The summed E-state index contributed by atoms with van der Waals surface area (Å²) in [5.41, 5.74) is 8.27. The quantitative estimate of drug-likeness (QED) is 0.370. The number of carboxylic acid groups (broad SMARTS) is 1. The van der Waals surface area contributed by atoms with Gasteiger partial charge < -0.3 is 26.2 Å². The molecule has 0 aliphatic carbocycles. The normalized spacial score (nSPS) is 20.8. The minimum atomic E-state index is -1.36. The number of likely N-dealkylation sites (tertiary alicyclic amines) is 1. The Labute approximate surface area is 185 Å². The summed E-state index contributed by atoms with van der Waals surface area (Å²) in [6.45, 7) is 2.26. The van der Waals surface area contributed by atoms with Gasteiger partial charge in [-0.25, -0.2) is 0 Å². The number of carboxylic acids is 1. The summed E-state index contributed by atoms with van der Waals surface area (Å²) >= 11 is 0. The highest BCUT2D eigenvalue weighted by Crippen LogP contribution is 2.30. The first kappa shape index (κ1) is 24.9. The number of aliphatic carboxylic acids is 1. The van der Waals surface area contributed by atoms with Gasteiger partial charge in [-0.15, -0.1) is 0 Å². The minimum absolute atomic E-state index is 0. The van der Waals surface area contributed by atoms with Crippen LogP contribution in [0.2, 0.25) is 6.32 Å². The van der Waals surface area contributed by atoms with E-state index >= 15 is 0 Å². The Morgan fingerprint density at radius 2 is 1.77 bits per heavy atom. The van der Waals surface area contributed by atoms with Crippen molar-refractivity contribution in [2.45, 2.75) is 32.1 Å². The number of hydrogen-bond acceptors (Lipinski definition) is 6. The number of benzene rings is 2. The van der Waals surface area contributed by atoms with Gasteiger partial charge in [0.05, 0.1) is 0 Å². The largest absolute Gasteiger partial charge is 0.480 e. The Hall–Kier alpha value is -2.39. The molecule has 1 aliphatic rings. The molecule has 0 radical (unpaired) electrons. The molecule has 6 N–H and O–H groups in total. The van der Waals surface area contributed by atoms with E-state index < -0.39 is 18.6 Å². The van der Waals surface area contributed by atoms with Crippen LogP contribution < -0.4 is 11.1 Å². The Morgan fingerprint density at radius 3 is 2.39 bits per heavy atom. The number of hydrogen-bond donors (Lipinski definition) is 5. The summed E-state index contributed by atoms with van der Waals surface area (Å²) in [5, 5.41) is 31.0. The van der Waals surface area contributed by atoms with Crippen LogP contribution in [0.5, 0.6) is 0 Å². The molecule has 0 bridgehead atoms. The zero-order valence-corrected chi connectivity index (χ0v) is 17.1. The molecule has 2 aromatic carbocycles. The van der Waals surface area contributed by atoms with Gasteiger partial charge in [0, 0.05) is 37.8 Å². The Balaban J connectivity index is 0.00000341. The first-order valence-corrected chi connectivity index (χ1v) is 10.4. The van der Waals surface area contributed by atoms with Crippen LogP contribution in [0.4, 0.5) is 5.69 Å². The third-order valence-corrected chi connectivity index (χ3v) is 5.85. The molecule has 31 heavy (non-hydrogen) atoms. The SMILES string of the molecule is C.N[C@@]1(C(=O)O)CN(CCNc2ccc(-c3ccccc3)cc2)C[C@@H]1CCCB(O)O. The molecule has 1 saturated heterocycles. The fraction of sp³-hybridized carbons (Fsp3) is 0.435. The van der Waals surface area contributed by atoms with E-state index in [0.717, 1.165) is 11.3 Å². The van der Waals surface area contributed by atoms with Crippen LogP contribution in [-0.2, 0) is 4.79 Å². The fourth-order valence-electron chi connectivity index (χ4n) is 4.12. The molecular weight excluding hydrogens is 393 g/mol. The molecule has 0 spiro atoms. The van der Waals surface area contributed by atoms with Gasteiger partial charge >= 0.3 is 13.1 Å². The van der Waals surface area contributed by atoms with Crippen LogP contribution in [-0.4, -0.2) is 64.9 Å². The van der Waals surface area contributed by atoms with Gasteiger partial charge in [-0.3, -0.25) is 9.69 Å². The van der Waals surface area contributed by atoms with Crippen LogP contribution in [0.15, 0.2) is 54.6 Å². The van der Waals surface area contributed by atoms with Crippen molar-refractivity contribution in [3.63, 3.8) is 0 Å². The summed E-state index contributed by atoms with van der Waals surface area (Å²) in [5.74, 6) is -1.21. The fourth-order valence-corrected chi connectivity index (χ4v) is 4.12. The van der Waals surface area contributed by atoms with Crippen LogP contribution in [0.3, 0.4) is 0 Å². The maximum atomic E-state index is 11.8. The number of nitrogens with two attached hydrogens (primary N) is 1. The minimum Gasteiger partial charge on any atom is -0.480 e. The van der Waals surface area contributed by atoms with Gasteiger partial charge in [-0.05, 0) is 36.0 Å². The third-order valence-electron chi connectivity index (χ3n) is 5.85. The smallest absolute Gasteiger partial charge is 0.451 e. The van der Waals surface area contributed by atoms with Crippen LogP contribution in [0.1, 0.15) is 20.3 Å². The molecule has 2 aromatic rings. The van der Waals surface area contributed by atoms with E-state index in [9.17, 15) is 9.90 Å². The predicted molar refractivity (Wildman–Crippen MR) is 126 cm³/mol. The monoisotopic (exact) mass is 427 g/mol. The third kappa shape index (κ3) is 6.55. The van der Waals surface area contributed by atoms with Gasteiger partial charge in [-0.1, -0.05) is 56.3 Å². The average Bonchev–Trinajstić information content (AvgIpc) is 3.06. The topological polar surface area (TPSA) is 119 Å². The zero-order valence-electron chi connectivity index (χ0n) is 17.1. The maximum absolute atomic E-state index is 11.8. The molecular formula is C23H34BN3O4. The van der Waals surface area contributed by atoms with E-state index in [1.54, 1.807) is 0 Å². The summed E-state index contributed by atoms with van der Waals surface area (Å²) < 4.78 is 0. The van der Waals surface area contributed by atoms with Crippen molar-refractivity contribution >= 4 is 18.8 Å². The van der Waals surface area contributed by atoms with E-state index in [4.69, 9.17) is 15.8 Å². The molecule has 168 valence electrons. The zero-order chi connectivity index (χ0) is 21.6. The molecule has 0 aromatic heterocycles.